The van der Waals surface area contributed by atoms with Gasteiger partial charge in [0.2, 0.25) is 0 Å². The lowest BCUT2D eigenvalue weighted by Gasteiger charge is -2.36. The first-order valence-electron chi connectivity index (χ1n) is 11.3. The van der Waals surface area contributed by atoms with Crippen LogP contribution in [0.25, 0.3) is 0 Å². The van der Waals surface area contributed by atoms with Crippen molar-refractivity contribution in [3.63, 3.8) is 0 Å². The number of nitrogens with one attached hydrogen (secondary N) is 1. The average Bonchev–Trinajstić information content (AvgIpc) is 3.34. The number of pyridine rings is 1. The number of carbonyl (C=O) groups is 1. The number of piperidine rings is 1. The van der Waals surface area contributed by atoms with Crippen molar-refractivity contribution in [3.05, 3.63) is 82.3 Å². The fourth-order valence-electron chi connectivity index (χ4n) is 4.31. The van der Waals surface area contributed by atoms with E-state index in [-0.39, 0.29) is 18.1 Å². The fourth-order valence-corrected chi connectivity index (χ4v) is 4.93. The van der Waals surface area contributed by atoms with Crippen LogP contribution in [0.15, 0.2) is 66.2 Å². The quantitative estimate of drug-likeness (QED) is 0.506. The van der Waals surface area contributed by atoms with Gasteiger partial charge in [-0.3, -0.25) is 14.7 Å². The first-order chi connectivity index (χ1) is 15.6. The lowest BCUT2D eigenvalue weighted by Crippen LogP contribution is -2.40. The highest BCUT2D eigenvalue weighted by atomic mass is 32.1. The van der Waals surface area contributed by atoms with Crippen LogP contribution in [0.4, 0.5) is 0 Å². The first-order valence-corrected chi connectivity index (χ1v) is 12.2. The zero-order valence-electron chi connectivity index (χ0n) is 18.7. The topological polar surface area (TPSA) is 54.5 Å². The molecule has 1 N–H and O–H groups in total. The van der Waals surface area contributed by atoms with Crippen molar-refractivity contribution in [2.45, 2.75) is 45.4 Å². The van der Waals surface area contributed by atoms with Gasteiger partial charge in [-0.1, -0.05) is 24.3 Å². The number of carbonyl (C=O) groups excluding carboxylic acids is 1. The van der Waals surface area contributed by atoms with Gasteiger partial charge in [-0.25, -0.2) is 0 Å². The predicted molar refractivity (Wildman–Crippen MR) is 129 cm³/mol. The Morgan fingerprint density at radius 1 is 1.16 bits per heavy atom. The van der Waals surface area contributed by atoms with Crippen LogP contribution in [0.3, 0.4) is 0 Å². The number of ether oxygens (including phenoxy) is 1. The molecule has 1 fully saturated rings. The molecule has 1 aromatic carbocycles. The van der Waals surface area contributed by atoms with Gasteiger partial charge in [-0.15, -0.1) is 11.3 Å². The van der Waals surface area contributed by atoms with Crippen LogP contribution in [-0.4, -0.2) is 35.0 Å². The highest BCUT2D eigenvalue weighted by Crippen LogP contribution is 2.31. The van der Waals surface area contributed by atoms with E-state index in [2.05, 4.69) is 33.4 Å². The van der Waals surface area contributed by atoms with Gasteiger partial charge in [0.1, 0.15) is 5.75 Å². The molecule has 0 radical (unpaired) electrons. The van der Waals surface area contributed by atoms with Gasteiger partial charge in [0.15, 0.2) is 0 Å². The Labute approximate surface area is 194 Å². The SMILES string of the molecule is CC(C)Oc1cccc(CN2CCC([C@H](NC(=O)c3cccs3)c3ccccn3)CC2)c1. The van der Waals surface area contributed by atoms with Gasteiger partial charge in [0.25, 0.3) is 5.91 Å². The molecule has 168 valence electrons. The Hall–Kier alpha value is -2.70. The van der Waals surface area contributed by atoms with Crippen LogP contribution >= 0.6 is 11.3 Å². The van der Waals surface area contributed by atoms with E-state index in [0.717, 1.165) is 48.8 Å². The molecule has 0 bridgehead atoms. The molecule has 1 aliphatic heterocycles. The summed E-state index contributed by atoms with van der Waals surface area (Å²) in [6.45, 7) is 7.01. The second-order valence-electron chi connectivity index (χ2n) is 8.61. The zero-order valence-corrected chi connectivity index (χ0v) is 19.6. The number of thiophene rings is 1. The number of nitrogens with zero attached hydrogens (tertiary/aromatic N) is 2. The number of rotatable bonds is 8. The molecular formula is C26H31N3O2S. The van der Waals surface area contributed by atoms with Crippen molar-refractivity contribution in [3.8, 4) is 5.75 Å². The summed E-state index contributed by atoms with van der Waals surface area (Å²) >= 11 is 1.47. The van der Waals surface area contributed by atoms with Gasteiger partial charge in [0, 0.05) is 12.7 Å². The van der Waals surface area contributed by atoms with Crippen molar-refractivity contribution in [1.82, 2.24) is 15.2 Å². The van der Waals surface area contributed by atoms with Gasteiger partial charge >= 0.3 is 0 Å². The fraction of sp³-hybridized carbons (Fsp3) is 0.385. The molecule has 0 aliphatic carbocycles. The van der Waals surface area contributed by atoms with Gasteiger partial charge in [0.05, 0.1) is 22.7 Å². The van der Waals surface area contributed by atoms with Crippen LogP contribution in [0.5, 0.6) is 5.75 Å². The monoisotopic (exact) mass is 449 g/mol. The van der Waals surface area contributed by atoms with Gasteiger partial charge < -0.3 is 10.1 Å². The molecule has 5 nitrogen and oxygen atoms in total. The van der Waals surface area contributed by atoms with Crippen molar-refractivity contribution in [2.24, 2.45) is 5.92 Å². The smallest absolute Gasteiger partial charge is 0.261 e. The second-order valence-corrected chi connectivity index (χ2v) is 9.56. The van der Waals surface area contributed by atoms with Gasteiger partial charge in [-0.05, 0) is 87.0 Å². The summed E-state index contributed by atoms with van der Waals surface area (Å²) in [5.74, 6) is 1.28. The number of likely N-dealkylation sites (tertiary alicyclic amines) is 1. The molecule has 0 saturated carbocycles. The highest BCUT2D eigenvalue weighted by molar-refractivity contribution is 7.12. The number of hydrogen-bond acceptors (Lipinski definition) is 5. The van der Waals surface area contributed by atoms with Crippen LogP contribution < -0.4 is 10.1 Å². The highest BCUT2D eigenvalue weighted by Gasteiger charge is 2.30. The summed E-state index contributed by atoms with van der Waals surface area (Å²) in [6, 6.07) is 18.0. The second kappa shape index (κ2) is 10.7. The lowest BCUT2D eigenvalue weighted by molar-refractivity contribution is 0.0892. The summed E-state index contributed by atoms with van der Waals surface area (Å²) < 4.78 is 5.84. The van der Waals surface area contributed by atoms with E-state index >= 15 is 0 Å². The maximum atomic E-state index is 12.8. The van der Waals surface area contributed by atoms with E-state index < -0.39 is 0 Å². The molecule has 1 aliphatic rings. The molecule has 3 aromatic rings. The van der Waals surface area contributed by atoms with E-state index in [1.165, 1.54) is 16.9 Å². The van der Waals surface area contributed by atoms with Crippen LogP contribution in [0.2, 0.25) is 0 Å². The van der Waals surface area contributed by atoms with Crippen molar-refractivity contribution in [2.75, 3.05) is 13.1 Å². The Balaban J connectivity index is 1.39. The molecule has 2 aromatic heterocycles. The van der Waals surface area contributed by atoms with Crippen LogP contribution in [0, 0.1) is 5.92 Å². The Bertz CT molecular complexity index is 983. The third-order valence-corrected chi connectivity index (χ3v) is 6.69. The summed E-state index contributed by atoms with van der Waals surface area (Å²) in [7, 11) is 0. The molecular weight excluding hydrogens is 418 g/mol. The molecule has 4 rings (SSSR count). The Kier molecular flexibility index (Phi) is 7.55. The van der Waals surface area contributed by atoms with Crippen molar-refractivity contribution in [1.29, 1.82) is 0 Å². The normalized spacial score (nSPS) is 16.1. The average molecular weight is 450 g/mol. The summed E-state index contributed by atoms with van der Waals surface area (Å²) in [5, 5.41) is 5.20. The number of amides is 1. The summed E-state index contributed by atoms with van der Waals surface area (Å²) in [4.78, 5) is 20.6. The molecule has 1 atom stereocenters. The molecule has 1 saturated heterocycles. The third kappa shape index (κ3) is 5.96. The minimum atomic E-state index is -0.0734. The van der Waals surface area contributed by atoms with Crippen LogP contribution in [0.1, 0.15) is 53.7 Å². The number of hydrogen-bond donors (Lipinski definition) is 1. The maximum Gasteiger partial charge on any atom is 0.261 e. The summed E-state index contributed by atoms with van der Waals surface area (Å²) in [6.07, 6.45) is 4.03. The number of benzene rings is 1. The maximum absolute atomic E-state index is 12.8. The standard InChI is InChI=1S/C26H31N3O2S/c1-19(2)31-22-8-5-7-20(17-22)18-29-14-11-21(12-15-29)25(23-9-3-4-13-27-23)28-26(30)24-10-6-16-32-24/h3-10,13,16-17,19,21,25H,11-12,14-15,18H2,1-2H3,(H,28,30)/t25-/m0/s1. The lowest BCUT2D eigenvalue weighted by atomic mass is 9.87. The largest absolute Gasteiger partial charge is 0.491 e. The molecule has 3 heterocycles. The van der Waals surface area contributed by atoms with E-state index in [1.54, 1.807) is 6.20 Å². The molecule has 1 amide bonds. The van der Waals surface area contributed by atoms with Crippen molar-refractivity contribution < 1.29 is 9.53 Å². The molecule has 0 unspecified atom stereocenters. The number of aromatic nitrogens is 1. The van der Waals surface area contributed by atoms with Gasteiger partial charge in [-0.2, -0.15) is 0 Å². The van der Waals surface area contributed by atoms with Crippen molar-refractivity contribution >= 4 is 17.2 Å². The predicted octanol–water partition coefficient (Wildman–Crippen LogP) is 5.31. The molecule has 32 heavy (non-hydrogen) atoms. The third-order valence-electron chi connectivity index (χ3n) is 5.82. The van der Waals surface area contributed by atoms with E-state index in [0.29, 0.717) is 5.92 Å². The minimum Gasteiger partial charge on any atom is -0.491 e. The van der Waals surface area contributed by atoms with Crippen LogP contribution in [-0.2, 0) is 6.54 Å². The minimum absolute atomic E-state index is 0.0138. The van der Waals surface area contributed by atoms with E-state index in [9.17, 15) is 4.79 Å². The Morgan fingerprint density at radius 2 is 2.00 bits per heavy atom. The van der Waals surface area contributed by atoms with E-state index in [4.69, 9.17) is 4.74 Å². The van der Waals surface area contributed by atoms with E-state index in [1.807, 2.05) is 55.6 Å². The first kappa shape index (κ1) is 22.5. The Morgan fingerprint density at radius 3 is 2.69 bits per heavy atom. The summed E-state index contributed by atoms with van der Waals surface area (Å²) in [5.41, 5.74) is 2.21. The molecule has 0 spiro atoms. The zero-order chi connectivity index (χ0) is 22.3. The molecule has 6 heteroatoms.